The Morgan fingerprint density at radius 1 is 1.45 bits per heavy atom. The fraction of sp³-hybridized carbons (Fsp3) is 0.467. The lowest BCUT2D eigenvalue weighted by Crippen LogP contribution is -2.37. The van der Waals surface area contributed by atoms with Crippen molar-refractivity contribution in [2.45, 2.75) is 32.2 Å². The van der Waals surface area contributed by atoms with Gasteiger partial charge >= 0.3 is 0 Å². The van der Waals surface area contributed by atoms with Gasteiger partial charge in [-0.05, 0) is 44.5 Å². The topological polar surface area (TPSA) is 49.4 Å². The first-order valence-corrected chi connectivity index (χ1v) is 7.63. The van der Waals surface area contributed by atoms with E-state index in [2.05, 4.69) is 26.1 Å². The first kappa shape index (κ1) is 15.2. The second-order valence-corrected chi connectivity index (χ2v) is 6.15. The molecule has 1 fully saturated rings. The first-order chi connectivity index (χ1) is 9.54. The summed E-state index contributed by atoms with van der Waals surface area (Å²) in [5, 5.41) is 2.89. The number of likely N-dealkylation sites (tertiary alicyclic amines) is 1. The number of hydrogen-bond donors (Lipinski definition) is 1. The Kier molecular flexibility index (Phi) is 5.31. The Bertz CT molecular complexity index is 504. The molecule has 1 N–H and O–H groups in total. The molecule has 108 valence electrons. The molecule has 0 aliphatic carbocycles. The highest BCUT2D eigenvalue weighted by Crippen LogP contribution is 2.20. The van der Waals surface area contributed by atoms with Crippen molar-refractivity contribution in [1.29, 1.82) is 0 Å². The van der Waals surface area contributed by atoms with Crippen molar-refractivity contribution >= 4 is 33.3 Å². The molecule has 20 heavy (non-hydrogen) atoms. The van der Waals surface area contributed by atoms with Gasteiger partial charge in [-0.25, -0.2) is 0 Å². The monoisotopic (exact) mass is 338 g/mol. The van der Waals surface area contributed by atoms with Crippen molar-refractivity contribution in [3.63, 3.8) is 0 Å². The van der Waals surface area contributed by atoms with Crippen molar-refractivity contribution in [2.75, 3.05) is 18.4 Å². The number of carbonyl (C=O) groups is 2. The molecule has 1 aromatic carbocycles. The van der Waals surface area contributed by atoms with Crippen molar-refractivity contribution in [2.24, 2.45) is 0 Å². The predicted molar refractivity (Wildman–Crippen MR) is 82.7 cm³/mol. The van der Waals surface area contributed by atoms with E-state index in [4.69, 9.17) is 0 Å². The van der Waals surface area contributed by atoms with Crippen molar-refractivity contribution in [3.8, 4) is 0 Å². The van der Waals surface area contributed by atoms with E-state index in [1.54, 1.807) is 6.92 Å². The zero-order valence-corrected chi connectivity index (χ0v) is 13.1. The molecule has 1 amide bonds. The highest BCUT2D eigenvalue weighted by molar-refractivity contribution is 9.10. The van der Waals surface area contributed by atoms with Gasteiger partial charge in [0.2, 0.25) is 5.91 Å². The van der Waals surface area contributed by atoms with Gasteiger partial charge in [-0.15, -0.1) is 0 Å². The lowest BCUT2D eigenvalue weighted by Gasteiger charge is -2.22. The van der Waals surface area contributed by atoms with E-state index in [0.717, 1.165) is 29.5 Å². The molecule has 1 heterocycles. The van der Waals surface area contributed by atoms with Crippen LogP contribution in [0.25, 0.3) is 0 Å². The normalized spacial score (nSPS) is 19.0. The van der Waals surface area contributed by atoms with Crippen LogP contribution < -0.4 is 5.32 Å². The third-order valence-corrected chi connectivity index (χ3v) is 3.97. The van der Waals surface area contributed by atoms with E-state index >= 15 is 0 Å². The second kappa shape index (κ2) is 6.99. The zero-order valence-electron chi connectivity index (χ0n) is 11.6. The number of nitrogens with zero attached hydrogens (tertiary/aromatic N) is 1. The fourth-order valence-electron chi connectivity index (χ4n) is 2.62. The van der Waals surface area contributed by atoms with Crippen LogP contribution >= 0.6 is 15.9 Å². The van der Waals surface area contributed by atoms with Gasteiger partial charge in [0.15, 0.2) is 0 Å². The number of Topliss-reactive ketones (excluding diaryl/α,β-unsaturated/α-hetero) is 1. The maximum atomic E-state index is 12.1. The molecule has 0 aromatic heterocycles. The summed E-state index contributed by atoms with van der Waals surface area (Å²) in [6.07, 6.45) is 2.61. The molecule has 0 spiro atoms. The molecule has 5 heteroatoms. The van der Waals surface area contributed by atoms with Gasteiger partial charge in [0.25, 0.3) is 0 Å². The van der Waals surface area contributed by atoms with Gasteiger partial charge in [-0.3, -0.25) is 14.5 Å². The van der Waals surface area contributed by atoms with Crippen LogP contribution in [0.1, 0.15) is 26.2 Å². The minimum Gasteiger partial charge on any atom is -0.325 e. The van der Waals surface area contributed by atoms with Crippen LogP contribution in [0.5, 0.6) is 0 Å². The number of amides is 1. The van der Waals surface area contributed by atoms with Crippen molar-refractivity contribution < 1.29 is 9.59 Å². The summed E-state index contributed by atoms with van der Waals surface area (Å²) < 4.78 is 0.936. The summed E-state index contributed by atoms with van der Waals surface area (Å²) in [4.78, 5) is 25.4. The lowest BCUT2D eigenvalue weighted by atomic mass is 10.1. The van der Waals surface area contributed by atoms with E-state index in [1.165, 1.54) is 0 Å². The molecular formula is C15H19BrN2O2. The average molecular weight is 339 g/mol. The SMILES string of the molecule is CC(=O)CC1CCCN1CC(=O)Nc1cccc(Br)c1. The van der Waals surface area contributed by atoms with E-state index in [-0.39, 0.29) is 17.7 Å². The number of ketones is 1. The maximum absolute atomic E-state index is 12.1. The number of nitrogens with one attached hydrogen (secondary N) is 1. The highest BCUT2D eigenvalue weighted by Gasteiger charge is 2.26. The fourth-order valence-corrected chi connectivity index (χ4v) is 3.02. The molecule has 4 nitrogen and oxygen atoms in total. The van der Waals surface area contributed by atoms with Crippen LogP contribution in [-0.2, 0) is 9.59 Å². The molecule has 2 rings (SSSR count). The summed E-state index contributed by atoms with van der Waals surface area (Å²) in [5.41, 5.74) is 0.784. The van der Waals surface area contributed by atoms with Crippen LogP contribution in [0.3, 0.4) is 0 Å². The number of carbonyl (C=O) groups excluding carboxylic acids is 2. The predicted octanol–water partition coefficient (Wildman–Crippen LogP) is 2.83. The van der Waals surface area contributed by atoms with E-state index in [0.29, 0.717) is 13.0 Å². The summed E-state index contributed by atoms with van der Waals surface area (Å²) in [6, 6.07) is 7.75. The number of rotatable bonds is 5. The molecule has 1 saturated heterocycles. The summed E-state index contributed by atoms with van der Waals surface area (Å²) in [6.45, 7) is 2.85. The minimum atomic E-state index is -0.0291. The Labute approximate surface area is 127 Å². The molecule has 0 saturated carbocycles. The standard InChI is InChI=1S/C15H19BrN2O2/c1-11(19)8-14-6-3-7-18(14)10-15(20)17-13-5-2-4-12(16)9-13/h2,4-5,9,14H,3,6-8,10H2,1H3,(H,17,20). The number of halogens is 1. The van der Waals surface area contributed by atoms with E-state index < -0.39 is 0 Å². The number of anilines is 1. The van der Waals surface area contributed by atoms with Gasteiger partial charge in [0.05, 0.1) is 6.54 Å². The number of benzene rings is 1. The quantitative estimate of drug-likeness (QED) is 0.897. The van der Waals surface area contributed by atoms with Gasteiger partial charge in [0, 0.05) is 22.6 Å². The van der Waals surface area contributed by atoms with Crippen LogP contribution in [-0.4, -0.2) is 35.7 Å². The third-order valence-electron chi connectivity index (χ3n) is 3.48. The van der Waals surface area contributed by atoms with Crippen LogP contribution in [0.2, 0.25) is 0 Å². The van der Waals surface area contributed by atoms with Gasteiger partial charge < -0.3 is 5.32 Å². The van der Waals surface area contributed by atoms with Crippen LogP contribution in [0.4, 0.5) is 5.69 Å². The first-order valence-electron chi connectivity index (χ1n) is 6.83. The Morgan fingerprint density at radius 2 is 2.25 bits per heavy atom. The van der Waals surface area contributed by atoms with E-state index in [1.807, 2.05) is 24.3 Å². The molecular weight excluding hydrogens is 320 g/mol. The van der Waals surface area contributed by atoms with Crippen LogP contribution in [0.15, 0.2) is 28.7 Å². The number of hydrogen-bond acceptors (Lipinski definition) is 3. The zero-order chi connectivity index (χ0) is 14.5. The summed E-state index contributed by atoms with van der Waals surface area (Å²) in [7, 11) is 0. The van der Waals surface area contributed by atoms with Crippen LogP contribution in [0, 0.1) is 0 Å². The van der Waals surface area contributed by atoms with Gasteiger partial charge in [-0.1, -0.05) is 22.0 Å². The molecule has 1 unspecified atom stereocenters. The molecule has 1 aromatic rings. The Balaban J connectivity index is 1.89. The van der Waals surface area contributed by atoms with Gasteiger partial charge in [0.1, 0.15) is 5.78 Å². The average Bonchev–Trinajstić information content (AvgIpc) is 2.75. The maximum Gasteiger partial charge on any atom is 0.238 e. The Morgan fingerprint density at radius 3 is 2.95 bits per heavy atom. The largest absolute Gasteiger partial charge is 0.325 e. The van der Waals surface area contributed by atoms with Gasteiger partial charge in [-0.2, -0.15) is 0 Å². The molecule has 1 aliphatic rings. The molecule has 0 radical (unpaired) electrons. The van der Waals surface area contributed by atoms with Crippen molar-refractivity contribution in [3.05, 3.63) is 28.7 Å². The molecule has 1 atom stereocenters. The summed E-state index contributed by atoms with van der Waals surface area (Å²) >= 11 is 3.38. The Hall–Kier alpha value is -1.20. The molecule has 0 bridgehead atoms. The van der Waals surface area contributed by atoms with Crippen molar-refractivity contribution in [1.82, 2.24) is 4.90 Å². The third kappa shape index (κ3) is 4.42. The highest BCUT2D eigenvalue weighted by atomic mass is 79.9. The lowest BCUT2D eigenvalue weighted by molar-refractivity contribution is -0.120. The smallest absolute Gasteiger partial charge is 0.238 e. The second-order valence-electron chi connectivity index (χ2n) is 5.23. The summed E-state index contributed by atoms with van der Waals surface area (Å²) in [5.74, 6) is 0.160. The van der Waals surface area contributed by atoms with E-state index in [9.17, 15) is 9.59 Å². The molecule has 1 aliphatic heterocycles. The minimum absolute atomic E-state index is 0.0291.